The van der Waals surface area contributed by atoms with E-state index in [1.165, 1.54) is 17.0 Å². The van der Waals surface area contributed by atoms with Crippen molar-refractivity contribution in [1.82, 2.24) is 4.90 Å². The Morgan fingerprint density at radius 2 is 1.76 bits per heavy atom. The minimum Gasteiger partial charge on any atom is -0.484 e. The first-order valence-electron chi connectivity index (χ1n) is 10.7. The van der Waals surface area contributed by atoms with Crippen LogP contribution in [0.4, 0.5) is 10.1 Å². The van der Waals surface area contributed by atoms with Gasteiger partial charge in [-0.05, 0) is 58.8 Å². The Bertz CT molecular complexity index is 1390. The van der Waals surface area contributed by atoms with Gasteiger partial charge in [0.2, 0.25) is 5.91 Å². The zero-order valence-electron chi connectivity index (χ0n) is 18.0. The van der Waals surface area contributed by atoms with Crippen LogP contribution in [-0.4, -0.2) is 29.9 Å². The second-order valence-electron chi connectivity index (χ2n) is 8.05. The number of carbonyl (C=O) groups excluding carboxylic acids is 2. The number of hydrogen-bond donors (Lipinski definition) is 1. The van der Waals surface area contributed by atoms with Crippen LogP contribution in [0.3, 0.4) is 0 Å². The minimum atomic E-state index is -0.597. The number of nitrogens with one attached hydrogen (secondary N) is 1. The molecule has 5 rings (SSSR count). The highest BCUT2D eigenvalue weighted by atomic mass is 79.9. The van der Waals surface area contributed by atoms with Crippen LogP contribution in [0, 0.1) is 5.82 Å². The highest BCUT2D eigenvalue weighted by Crippen LogP contribution is 2.37. The number of halogens is 2. The van der Waals surface area contributed by atoms with E-state index in [-0.39, 0.29) is 30.8 Å². The third-order valence-corrected chi connectivity index (χ3v) is 6.29. The highest BCUT2D eigenvalue weighted by molar-refractivity contribution is 9.10. The molecule has 1 N–H and O–H groups in total. The second-order valence-corrected chi connectivity index (χ2v) is 8.97. The lowest BCUT2D eigenvalue weighted by Gasteiger charge is -2.30. The van der Waals surface area contributed by atoms with Crippen LogP contribution in [0.15, 0.2) is 89.4 Å². The van der Waals surface area contributed by atoms with Gasteiger partial charge in [0, 0.05) is 15.7 Å². The maximum Gasteiger partial charge on any atom is 0.261 e. The predicted molar refractivity (Wildman–Crippen MR) is 132 cm³/mol. The molecular weight excluding hydrogens is 499 g/mol. The lowest BCUT2D eigenvalue weighted by Crippen LogP contribution is -2.41. The molecule has 7 heteroatoms. The van der Waals surface area contributed by atoms with E-state index in [0.717, 1.165) is 20.8 Å². The SMILES string of the molecule is O=C1CN(C(=O)COc2ccc3ccccc3c2)[C@H](c2ccc(F)cc2)c2cc(Br)ccc2N1. The Kier molecular flexibility index (Phi) is 6.02. The van der Waals surface area contributed by atoms with E-state index in [2.05, 4.69) is 21.2 Å². The fourth-order valence-electron chi connectivity index (χ4n) is 4.20. The van der Waals surface area contributed by atoms with E-state index < -0.39 is 6.04 Å². The molecule has 0 fully saturated rings. The van der Waals surface area contributed by atoms with Gasteiger partial charge in [0.05, 0.1) is 6.04 Å². The quantitative estimate of drug-likeness (QED) is 0.377. The van der Waals surface area contributed by atoms with E-state index in [4.69, 9.17) is 4.74 Å². The number of anilines is 1. The topological polar surface area (TPSA) is 58.6 Å². The Hall–Kier alpha value is -3.71. The van der Waals surface area contributed by atoms with Crippen molar-refractivity contribution in [3.8, 4) is 5.75 Å². The third-order valence-electron chi connectivity index (χ3n) is 5.80. The van der Waals surface area contributed by atoms with Crippen LogP contribution in [0.1, 0.15) is 17.2 Å². The summed E-state index contributed by atoms with van der Waals surface area (Å²) in [5.41, 5.74) is 2.02. The lowest BCUT2D eigenvalue weighted by molar-refractivity contribution is -0.138. The van der Waals surface area contributed by atoms with Gasteiger partial charge < -0.3 is 15.0 Å². The van der Waals surface area contributed by atoms with Gasteiger partial charge in [-0.3, -0.25) is 9.59 Å². The summed E-state index contributed by atoms with van der Waals surface area (Å²) in [7, 11) is 0. The summed E-state index contributed by atoms with van der Waals surface area (Å²) in [6, 6.07) is 24.3. The molecule has 0 saturated carbocycles. The Balaban J connectivity index is 1.48. The molecule has 2 amide bonds. The summed E-state index contributed by atoms with van der Waals surface area (Å²) in [5, 5.41) is 4.95. The maximum atomic E-state index is 13.7. The van der Waals surface area contributed by atoms with Crippen molar-refractivity contribution in [3.05, 3.63) is 106 Å². The van der Waals surface area contributed by atoms with Gasteiger partial charge in [0.15, 0.2) is 6.61 Å². The van der Waals surface area contributed by atoms with Crippen LogP contribution >= 0.6 is 15.9 Å². The average Bonchev–Trinajstić information content (AvgIpc) is 2.98. The molecule has 1 aliphatic rings. The molecule has 0 radical (unpaired) electrons. The van der Waals surface area contributed by atoms with Crippen molar-refractivity contribution in [2.24, 2.45) is 0 Å². The van der Waals surface area contributed by atoms with Crippen molar-refractivity contribution in [2.45, 2.75) is 6.04 Å². The first kappa shape index (κ1) is 22.1. The van der Waals surface area contributed by atoms with Crippen LogP contribution < -0.4 is 10.1 Å². The first-order valence-corrected chi connectivity index (χ1v) is 11.5. The Morgan fingerprint density at radius 3 is 2.56 bits per heavy atom. The molecule has 0 unspecified atom stereocenters. The van der Waals surface area contributed by atoms with Gasteiger partial charge in [-0.15, -0.1) is 0 Å². The molecule has 0 saturated heterocycles. The molecule has 0 bridgehead atoms. The molecule has 0 aliphatic carbocycles. The zero-order valence-corrected chi connectivity index (χ0v) is 19.6. The molecule has 34 heavy (non-hydrogen) atoms. The van der Waals surface area contributed by atoms with Crippen LogP contribution in [-0.2, 0) is 9.59 Å². The van der Waals surface area contributed by atoms with E-state index in [0.29, 0.717) is 17.0 Å². The largest absolute Gasteiger partial charge is 0.484 e. The normalized spacial score (nSPS) is 15.4. The summed E-state index contributed by atoms with van der Waals surface area (Å²) in [6.45, 7) is -0.402. The number of rotatable bonds is 4. The van der Waals surface area contributed by atoms with E-state index in [1.807, 2.05) is 54.6 Å². The number of benzene rings is 4. The number of hydrogen-bond acceptors (Lipinski definition) is 3. The molecule has 1 aliphatic heterocycles. The molecule has 0 aromatic heterocycles. The number of carbonyl (C=O) groups is 2. The van der Waals surface area contributed by atoms with Crippen molar-refractivity contribution in [1.29, 1.82) is 0 Å². The van der Waals surface area contributed by atoms with Crippen molar-refractivity contribution < 1.29 is 18.7 Å². The fraction of sp³-hybridized carbons (Fsp3) is 0.111. The van der Waals surface area contributed by atoms with Gasteiger partial charge in [-0.2, -0.15) is 0 Å². The smallest absolute Gasteiger partial charge is 0.261 e. The first-order chi connectivity index (χ1) is 16.5. The molecule has 4 aromatic carbocycles. The van der Waals surface area contributed by atoms with Gasteiger partial charge in [0.25, 0.3) is 5.91 Å². The Labute approximate surface area is 204 Å². The maximum absolute atomic E-state index is 13.7. The summed E-state index contributed by atoms with van der Waals surface area (Å²) < 4.78 is 20.3. The van der Waals surface area contributed by atoms with Crippen LogP contribution in [0.2, 0.25) is 0 Å². The summed E-state index contributed by atoms with van der Waals surface area (Å²) in [5.74, 6) is -0.482. The zero-order chi connectivity index (χ0) is 23.7. The van der Waals surface area contributed by atoms with Crippen molar-refractivity contribution in [3.63, 3.8) is 0 Å². The number of fused-ring (bicyclic) bond motifs is 2. The summed E-state index contributed by atoms with van der Waals surface area (Å²) in [4.78, 5) is 27.6. The number of amides is 2. The monoisotopic (exact) mass is 518 g/mol. The van der Waals surface area contributed by atoms with Gasteiger partial charge >= 0.3 is 0 Å². The molecule has 170 valence electrons. The predicted octanol–water partition coefficient (Wildman–Crippen LogP) is 5.69. The van der Waals surface area contributed by atoms with E-state index >= 15 is 0 Å². The summed E-state index contributed by atoms with van der Waals surface area (Å²) >= 11 is 3.48. The fourth-order valence-corrected chi connectivity index (χ4v) is 4.58. The average molecular weight is 519 g/mol. The van der Waals surface area contributed by atoms with Crippen molar-refractivity contribution >= 4 is 44.2 Å². The van der Waals surface area contributed by atoms with E-state index in [9.17, 15) is 14.0 Å². The molecule has 1 atom stereocenters. The molecular formula is C27H20BrFN2O3. The number of nitrogens with zero attached hydrogens (tertiary/aromatic N) is 1. The minimum absolute atomic E-state index is 0.158. The van der Waals surface area contributed by atoms with Gasteiger partial charge in [0.1, 0.15) is 18.1 Å². The van der Waals surface area contributed by atoms with Gasteiger partial charge in [-0.25, -0.2) is 4.39 Å². The van der Waals surface area contributed by atoms with Crippen LogP contribution in [0.25, 0.3) is 10.8 Å². The Morgan fingerprint density at radius 1 is 1.00 bits per heavy atom. The molecule has 1 heterocycles. The summed E-state index contributed by atoms with van der Waals surface area (Å²) in [6.07, 6.45) is 0. The number of ether oxygens (including phenoxy) is 1. The highest BCUT2D eigenvalue weighted by Gasteiger charge is 2.33. The molecule has 4 aromatic rings. The standard InChI is InChI=1S/C27H20BrFN2O3/c28-20-8-12-24-23(14-20)27(18-5-9-21(29)10-6-18)31(15-25(32)30-24)26(33)16-34-22-11-7-17-3-1-2-4-19(17)13-22/h1-14,27H,15-16H2,(H,30,32)/t27-/m1/s1. The van der Waals surface area contributed by atoms with Crippen LogP contribution in [0.5, 0.6) is 5.75 Å². The van der Waals surface area contributed by atoms with Crippen molar-refractivity contribution in [2.75, 3.05) is 18.5 Å². The van der Waals surface area contributed by atoms with Gasteiger partial charge in [-0.1, -0.05) is 58.4 Å². The lowest BCUT2D eigenvalue weighted by atomic mass is 9.96. The molecule has 5 nitrogen and oxygen atoms in total. The molecule has 0 spiro atoms. The third kappa shape index (κ3) is 4.52. The second kappa shape index (κ2) is 9.27. The van der Waals surface area contributed by atoms with E-state index in [1.54, 1.807) is 18.2 Å².